The van der Waals surface area contributed by atoms with E-state index in [0.29, 0.717) is 22.9 Å². The summed E-state index contributed by atoms with van der Waals surface area (Å²) >= 11 is 0. The van der Waals surface area contributed by atoms with E-state index in [2.05, 4.69) is 15.4 Å². The van der Waals surface area contributed by atoms with Crippen LogP contribution < -0.4 is 10.9 Å². The minimum Gasteiger partial charge on any atom is -0.449 e. The summed E-state index contributed by atoms with van der Waals surface area (Å²) in [6.07, 6.45) is 1.85. The van der Waals surface area contributed by atoms with E-state index in [1.807, 2.05) is 24.3 Å². The van der Waals surface area contributed by atoms with Crippen LogP contribution in [0.4, 0.5) is 5.69 Å². The van der Waals surface area contributed by atoms with Gasteiger partial charge in [-0.05, 0) is 45.0 Å². The highest BCUT2D eigenvalue weighted by atomic mass is 16.5. The van der Waals surface area contributed by atoms with Gasteiger partial charge in [0.15, 0.2) is 11.9 Å². The molecule has 0 saturated heterocycles. The molecule has 1 unspecified atom stereocenters. The van der Waals surface area contributed by atoms with Crippen LogP contribution in [0.15, 0.2) is 65.7 Å². The molecule has 4 rings (SSSR count). The monoisotopic (exact) mass is 460 g/mol. The number of aromatic nitrogens is 5. The molecule has 3 heterocycles. The number of pyridine rings is 1. The van der Waals surface area contributed by atoms with Crippen LogP contribution >= 0.6 is 0 Å². The fraction of sp³-hybridized carbons (Fsp3) is 0.208. The van der Waals surface area contributed by atoms with E-state index in [-0.39, 0.29) is 16.8 Å². The molecule has 1 amide bonds. The molecule has 0 aliphatic heterocycles. The lowest BCUT2D eigenvalue weighted by atomic mass is 10.2. The van der Waals surface area contributed by atoms with Crippen LogP contribution in [0, 0.1) is 13.8 Å². The molecule has 1 atom stereocenters. The SMILES string of the molecule is Cc1c(C(=O)OC(C)C(=O)Nc2c(C)n(C)n(-c3ccccc3)c2=O)cnn1-c1ccccn1. The Balaban J connectivity index is 1.50. The van der Waals surface area contributed by atoms with Gasteiger partial charge in [0.1, 0.15) is 11.3 Å². The van der Waals surface area contributed by atoms with Crippen molar-refractivity contribution in [3.05, 3.63) is 88.2 Å². The molecule has 34 heavy (non-hydrogen) atoms. The van der Waals surface area contributed by atoms with Crippen LogP contribution in [0.2, 0.25) is 0 Å². The second-order valence-electron chi connectivity index (χ2n) is 7.72. The number of para-hydroxylation sites is 1. The fourth-order valence-electron chi connectivity index (χ4n) is 3.53. The van der Waals surface area contributed by atoms with E-state index in [1.165, 1.54) is 22.5 Å². The van der Waals surface area contributed by atoms with Crippen molar-refractivity contribution < 1.29 is 14.3 Å². The molecule has 3 aromatic heterocycles. The van der Waals surface area contributed by atoms with Crippen LogP contribution in [-0.2, 0) is 16.6 Å². The number of anilines is 1. The van der Waals surface area contributed by atoms with Gasteiger partial charge in [0.05, 0.1) is 23.3 Å². The first kappa shape index (κ1) is 22.7. The van der Waals surface area contributed by atoms with Gasteiger partial charge in [0.2, 0.25) is 0 Å². The lowest BCUT2D eigenvalue weighted by Crippen LogP contribution is -2.32. The summed E-state index contributed by atoms with van der Waals surface area (Å²) in [7, 11) is 1.73. The lowest BCUT2D eigenvalue weighted by molar-refractivity contribution is -0.123. The van der Waals surface area contributed by atoms with Gasteiger partial charge in [0.25, 0.3) is 11.5 Å². The molecule has 0 aliphatic carbocycles. The van der Waals surface area contributed by atoms with E-state index in [9.17, 15) is 14.4 Å². The predicted molar refractivity (Wildman–Crippen MR) is 125 cm³/mol. The standard InChI is InChI=1S/C24H24N6O4/c1-15-19(14-26-29(15)20-12-8-9-13-25-20)24(33)34-17(3)22(31)27-21-16(2)28(4)30(23(21)32)18-10-6-5-7-11-18/h5-14,17H,1-4H3,(H,27,31). The average molecular weight is 460 g/mol. The number of hydrogen-bond acceptors (Lipinski definition) is 6. The topological polar surface area (TPSA) is 113 Å². The molecular formula is C24H24N6O4. The number of ether oxygens (including phenoxy) is 1. The van der Waals surface area contributed by atoms with Crippen LogP contribution in [-0.4, -0.2) is 42.1 Å². The molecule has 0 fully saturated rings. The zero-order chi connectivity index (χ0) is 24.4. The van der Waals surface area contributed by atoms with Crippen LogP contribution in [0.1, 0.15) is 28.7 Å². The van der Waals surface area contributed by atoms with Gasteiger partial charge < -0.3 is 10.1 Å². The third kappa shape index (κ3) is 4.13. The van der Waals surface area contributed by atoms with Gasteiger partial charge in [-0.25, -0.2) is 19.1 Å². The summed E-state index contributed by atoms with van der Waals surface area (Å²) in [6, 6.07) is 14.4. The van der Waals surface area contributed by atoms with Gasteiger partial charge in [0, 0.05) is 13.2 Å². The Kier molecular flexibility index (Phi) is 6.13. The van der Waals surface area contributed by atoms with Gasteiger partial charge in [-0.1, -0.05) is 24.3 Å². The molecule has 1 N–H and O–H groups in total. The highest BCUT2D eigenvalue weighted by Crippen LogP contribution is 2.16. The summed E-state index contributed by atoms with van der Waals surface area (Å²) in [4.78, 5) is 42.7. The summed E-state index contributed by atoms with van der Waals surface area (Å²) in [6.45, 7) is 4.88. The number of rotatable bonds is 6. The summed E-state index contributed by atoms with van der Waals surface area (Å²) in [5, 5.41) is 6.81. The number of benzene rings is 1. The average Bonchev–Trinajstić information content (AvgIpc) is 3.32. The first-order valence-corrected chi connectivity index (χ1v) is 10.6. The maximum atomic E-state index is 13.0. The second-order valence-corrected chi connectivity index (χ2v) is 7.72. The predicted octanol–water partition coefficient (Wildman–Crippen LogP) is 2.56. The second kappa shape index (κ2) is 9.18. The molecule has 10 heteroatoms. The minimum absolute atomic E-state index is 0.124. The van der Waals surface area contributed by atoms with Gasteiger partial charge in [-0.15, -0.1) is 0 Å². The van der Waals surface area contributed by atoms with E-state index in [1.54, 1.807) is 56.0 Å². The maximum absolute atomic E-state index is 13.0. The quantitative estimate of drug-likeness (QED) is 0.443. The number of carbonyl (C=O) groups excluding carboxylic acids is 2. The summed E-state index contributed by atoms with van der Waals surface area (Å²) in [5.41, 5.74) is 1.71. The van der Waals surface area contributed by atoms with Crippen LogP contribution in [0.3, 0.4) is 0 Å². The van der Waals surface area contributed by atoms with Crippen molar-refractivity contribution >= 4 is 17.6 Å². The fourth-order valence-corrected chi connectivity index (χ4v) is 3.53. The van der Waals surface area contributed by atoms with Crippen molar-refractivity contribution in [3.63, 3.8) is 0 Å². The van der Waals surface area contributed by atoms with Crippen molar-refractivity contribution in [2.45, 2.75) is 26.9 Å². The van der Waals surface area contributed by atoms with E-state index in [4.69, 9.17) is 4.74 Å². The summed E-state index contributed by atoms with van der Waals surface area (Å²) < 4.78 is 9.98. The number of carbonyl (C=O) groups is 2. The number of nitrogens with zero attached hydrogens (tertiary/aromatic N) is 5. The lowest BCUT2D eigenvalue weighted by Gasteiger charge is -2.13. The van der Waals surface area contributed by atoms with Crippen molar-refractivity contribution in [2.75, 3.05) is 5.32 Å². The third-order valence-electron chi connectivity index (χ3n) is 5.55. The Morgan fingerprint density at radius 3 is 2.41 bits per heavy atom. The van der Waals surface area contributed by atoms with E-state index >= 15 is 0 Å². The molecule has 1 aromatic carbocycles. The smallest absolute Gasteiger partial charge is 0.342 e. The van der Waals surface area contributed by atoms with Crippen molar-refractivity contribution in [2.24, 2.45) is 7.05 Å². The molecule has 0 radical (unpaired) electrons. The first-order valence-electron chi connectivity index (χ1n) is 10.6. The number of hydrogen-bond donors (Lipinski definition) is 1. The molecule has 174 valence electrons. The highest BCUT2D eigenvalue weighted by molar-refractivity contribution is 5.97. The van der Waals surface area contributed by atoms with Gasteiger partial charge in [-0.2, -0.15) is 5.10 Å². The Morgan fingerprint density at radius 2 is 1.74 bits per heavy atom. The highest BCUT2D eigenvalue weighted by Gasteiger charge is 2.25. The van der Waals surface area contributed by atoms with Crippen LogP contribution in [0.25, 0.3) is 11.5 Å². The van der Waals surface area contributed by atoms with Gasteiger partial charge >= 0.3 is 5.97 Å². The Morgan fingerprint density at radius 1 is 1.03 bits per heavy atom. The number of amides is 1. The molecule has 0 aliphatic rings. The Bertz CT molecular complexity index is 1400. The zero-order valence-electron chi connectivity index (χ0n) is 19.2. The number of nitrogens with one attached hydrogen (secondary N) is 1. The largest absolute Gasteiger partial charge is 0.449 e. The van der Waals surface area contributed by atoms with Crippen molar-refractivity contribution in [1.82, 2.24) is 24.1 Å². The molecule has 0 saturated carbocycles. The van der Waals surface area contributed by atoms with Crippen molar-refractivity contribution in [1.29, 1.82) is 0 Å². The summed E-state index contributed by atoms with van der Waals surface area (Å²) in [5.74, 6) is -0.762. The minimum atomic E-state index is -1.14. The van der Waals surface area contributed by atoms with E-state index in [0.717, 1.165) is 0 Å². The normalized spacial score (nSPS) is 11.8. The maximum Gasteiger partial charge on any atom is 0.342 e. The molecular weight excluding hydrogens is 436 g/mol. The molecule has 4 aromatic rings. The first-order chi connectivity index (χ1) is 16.3. The van der Waals surface area contributed by atoms with Crippen molar-refractivity contribution in [3.8, 4) is 11.5 Å². The molecule has 0 bridgehead atoms. The zero-order valence-corrected chi connectivity index (χ0v) is 19.2. The Labute approximate surface area is 195 Å². The Hall–Kier alpha value is -4.47. The van der Waals surface area contributed by atoms with E-state index < -0.39 is 18.0 Å². The third-order valence-corrected chi connectivity index (χ3v) is 5.55. The van der Waals surface area contributed by atoms with Crippen LogP contribution in [0.5, 0.6) is 0 Å². The van der Waals surface area contributed by atoms with Gasteiger partial charge in [-0.3, -0.25) is 14.3 Å². The molecule has 0 spiro atoms. The molecule has 10 nitrogen and oxygen atoms in total. The number of esters is 1.